The number of nitrogens with zero attached hydrogens (tertiary/aromatic N) is 2. The monoisotopic (exact) mass is 328 g/mol. The van der Waals surface area contributed by atoms with Gasteiger partial charge in [-0.25, -0.2) is 0 Å². The molecule has 0 saturated carbocycles. The Balaban J connectivity index is 2.23. The summed E-state index contributed by atoms with van der Waals surface area (Å²) in [6.45, 7) is 5.00. The molecule has 0 radical (unpaired) electrons. The van der Waals surface area contributed by atoms with Crippen LogP contribution in [0.3, 0.4) is 0 Å². The Morgan fingerprint density at radius 2 is 2.39 bits per heavy atom. The molecule has 0 aliphatic rings. The number of aromatic nitrogens is 2. The van der Waals surface area contributed by atoms with Gasteiger partial charge in [-0.2, -0.15) is 5.10 Å². The van der Waals surface area contributed by atoms with Crippen LogP contribution in [0, 0.1) is 6.92 Å². The number of nitrogens with one attached hydrogen (secondary N) is 1. The number of nitrogens with two attached hydrogens (primary N) is 1. The van der Waals surface area contributed by atoms with Gasteiger partial charge < -0.3 is 0 Å². The third kappa shape index (κ3) is 2.83. The van der Waals surface area contributed by atoms with E-state index in [9.17, 15) is 0 Å². The highest BCUT2D eigenvalue weighted by atomic mass is 79.9. The van der Waals surface area contributed by atoms with E-state index in [1.807, 2.05) is 17.7 Å². The number of hydrogen-bond donors (Lipinski definition) is 2. The zero-order valence-corrected chi connectivity index (χ0v) is 12.9. The van der Waals surface area contributed by atoms with Gasteiger partial charge in [-0.1, -0.05) is 0 Å². The summed E-state index contributed by atoms with van der Waals surface area (Å²) >= 11 is 5.26. The Hall–Kier alpha value is -0.690. The predicted molar refractivity (Wildman–Crippen MR) is 78.4 cm³/mol. The van der Waals surface area contributed by atoms with Gasteiger partial charge in [0.1, 0.15) is 0 Å². The second-order valence-electron chi connectivity index (χ2n) is 4.15. The molecule has 2 heterocycles. The first kappa shape index (κ1) is 13.7. The molecule has 1 unspecified atom stereocenters. The van der Waals surface area contributed by atoms with Crippen LogP contribution in [-0.2, 0) is 13.0 Å². The number of rotatable bonds is 5. The van der Waals surface area contributed by atoms with Crippen LogP contribution in [0.1, 0.15) is 29.2 Å². The molecule has 2 aromatic heterocycles. The van der Waals surface area contributed by atoms with Gasteiger partial charge in [0, 0.05) is 28.0 Å². The standard InChI is InChI=1S/C12H17BrN4S/c1-3-17-9(6-8(2)16-17)7-11(15-14)12-10(13)4-5-18-12/h4-6,11,15H,3,7,14H2,1-2H3. The van der Waals surface area contributed by atoms with Crippen LogP contribution in [-0.4, -0.2) is 9.78 Å². The fraction of sp³-hybridized carbons (Fsp3) is 0.417. The van der Waals surface area contributed by atoms with Gasteiger partial charge in [0.15, 0.2) is 0 Å². The van der Waals surface area contributed by atoms with Crippen LogP contribution >= 0.6 is 27.3 Å². The fourth-order valence-electron chi connectivity index (χ4n) is 2.03. The van der Waals surface area contributed by atoms with E-state index in [0.29, 0.717) is 0 Å². The highest BCUT2D eigenvalue weighted by Crippen LogP contribution is 2.30. The molecular weight excluding hydrogens is 312 g/mol. The largest absolute Gasteiger partial charge is 0.271 e. The lowest BCUT2D eigenvalue weighted by atomic mass is 10.1. The molecule has 18 heavy (non-hydrogen) atoms. The summed E-state index contributed by atoms with van der Waals surface area (Å²) < 4.78 is 3.14. The maximum Gasteiger partial charge on any atom is 0.0619 e. The molecule has 3 N–H and O–H groups in total. The second kappa shape index (κ2) is 5.97. The van der Waals surface area contributed by atoms with Crippen molar-refractivity contribution >= 4 is 27.3 Å². The lowest BCUT2D eigenvalue weighted by Crippen LogP contribution is -2.29. The van der Waals surface area contributed by atoms with E-state index >= 15 is 0 Å². The quantitative estimate of drug-likeness (QED) is 0.655. The summed E-state index contributed by atoms with van der Waals surface area (Å²) in [5.41, 5.74) is 5.15. The summed E-state index contributed by atoms with van der Waals surface area (Å²) in [5, 5.41) is 6.52. The number of halogens is 1. The van der Waals surface area contributed by atoms with Gasteiger partial charge in [-0.15, -0.1) is 11.3 Å². The molecule has 0 amide bonds. The minimum atomic E-state index is 0.112. The average molecular weight is 329 g/mol. The molecule has 0 aromatic carbocycles. The van der Waals surface area contributed by atoms with Gasteiger partial charge in [-0.05, 0) is 47.3 Å². The molecule has 4 nitrogen and oxygen atoms in total. The summed E-state index contributed by atoms with van der Waals surface area (Å²) in [4.78, 5) is 1.22. The molecule has 6 heteroatoms. The summed E-state index contributed by atoms with van der Waals surface area (Å²) in [6, 6.07) is 4.28. The van der Waals surface area contributed by atoms with E-state index < -0.39 is 0 Å². The van der Waals surface area contributed by atoms with Crippen LogP contribution in [0.4, 0.5) is 0 Å². The number of hydrazine groups is 1. The Bertz CT molecular complexity index is 520. The van der Waals surface area contributed by atoms with E-state index in [1.165, 1.54) is 10.6 Å². The zero-order valence-electron chi connectivity index (χ0n) is 10.5. The fourth-order valence-corrected chi connectivity index (χ4v) is 3.74. The molecular formula is C12H17BrN4S. The maximum atomic E-state index is 5.69. The molecule has 0 aliphatic heterocycles. The van der Waals surface area contributed by atoms with E-state index in [1.54, 1.807) is 11.3 Å². The first-order valence-corrected chi connectivity index (χ1v) is 7.55. The second-order valence-corrected chi connectivity index (χ2v) is 5.95. The molecule has 2 aromatic rings. The summed E-state index contributed by atoms with van der Waals surface area (Å²) in [6.07, 6.45) is 0.838. The molecule has 0 spiro atoms. The molecule has 0 bridgehead atoms. The smallest absolute Gasteiger partial charge is 0.0619 e. The first-order valence-electron chi connectivity index (χ1n) is 5.88. The predicted octanol–water partition coefficient (Wildman–Crippen LogP) is 2.78. The first-order chi connectivity index (χ1) is 8.65. The van der Waals surface area contributed by atoms with Gasteiger partial charge >= 0.3 is 0 Å². The molecule has 98 valence electrons. The van der Waals surface area contributed by atoms with Crippen LogP contribution < -0.4 is 11.3 Å². The van der Waals surface area contributed by atoms with Crippen molar-refractivity contribution in [3.05, 3.63) is 38.3 Å². The molecule has 0 fully saturated rings. The normalized spacial score (nSPS) is 12.9. The van der Waals surface area contributed by atoms with Crippen molar-refractivity contribution in [2.75, 3.05) is 0 Å². The lowest BCUT2D eigenvalue weighted by Gasteiger charge is -2.15. The lowest BCUT2D eigenvalue weighted by molar-refractivity contribution is 0.522. The molecule has 2 rings (SSSR count). The SMILES string of the molecule is CCn1nc(C)cc1CC(NN)c1sccc1Br. The van der Waals surface area contributed by atoms with Gasteiger partial charge in [-0.3, -0.25) is 16.0 Å². The van der Waals surface area contributed by atoms with Crippen LogP contribution in [0.2, 0.25) is 0 Å². The van der Waals surface area contributed by atoms with Crippen molar-refractivity contribution < 1.29 is 0 Å². The zero-order chi connectivity index (χ0) is 13.1. The van der Waals surface area contributed by atoms with E-state index in [-0.39, 0.29) is 6.04 Å². The van der Waals surface area contributed by atoms with E-state index in [2.05, 4.69) is 44.8 Å². The Labute approximate surface area is 119 Å². The Kier molecular flexibility index (Phi) is 4.55. The maximum absolute atomic E-state index is 5.69. The number of thiophene rings is 1. The van der Waals surface area contributed by atoms with Crippen molar-refractivity contribution in [1.29, 1.82) is 0 Å². The molecule has 0 aliphatic carbocycles. The van der Waals surface area contributed by atoms with Crippen molar-refractivity contribution in [1.82, 2.24) is 15.2 Å². The Morgan fingerprint density at radius 3 is 2.94 bits per heavy atom. The molecule has 0 saturated heterocycles. The Morgan fingerprint density at radius 1 is 1.61 bits per heavy atom. The highest BCUT2D eigenvalue weighted by Gasteiger charge is 2.17. The van der Waals surface area contributed by atoms with Crippen LogP contribution in [0.15, 0.2) is 22.0 Å². The third-order valence-corrected chi connectivity index (χ3v) is 4.85. The van der Waals surface area contributed by atoms with E-state index in [0.717, 1.165) is 23.1 Å². The van der Waals surface area contributed by atoms with Crippen LogP contribution in [0.5, 0.6) is 0 Å². The third-order valence-electron chi connectivity index (χ3n) is 2.86. The van der Waals surface area contributed by atoms with Crippen molar-refractivity contribution in [3.8, 4) is 0 Å². The molecule has 1 atom stereocenters. The topological polar surface area (TPSA) is 55.9 Å². The minimum Gasteiger partial charge on any atom is -0.271 e. The van der Waals surface area contributed by atoms with Crippen LogP contribution in [0.25, 0.3) is 0 Å². The number of aryl methyl sites for hydroxylation is 2. The highest BCUT2D eigenvalue weighted by molar-refractivity contribution is 9.10. The van der Waals surface area contributed by atoms with E-state index in [4.69, 9.17) is 5.84 Å². The van der Waals surface area contributed by atoms with Gasteiger partial charge in [0.25, 0.3) is 0 Å². The van der Waals surface area contributed by atoms with Gasteiger partial charge in [0.05, 0.1) is 11.7 Å². The minimum absolute atomic E-state index is 0.112. The summed E-state index contributed by atoms with van der Waals surface area (Å²) in [7, 11) is 0. The van der Waals surface area contributed by atoms with Crippen molar-refractivity contribution in [2.24, 2.45) is 5.84 Å². The number of hydrogen-bond acceptors (Lipinski definition) is 4. The van der Waals surface area contributed by atoms with Gasteiger partial charge in [0.2, 0.25) is 0 Å². The summed E-state index contributed by atoms with van der Waals surface area (Å²) in [5.74, 6) is 5.69. The van der Waals surface area contributed by atoms with Crippen molar-refractivity contribution in [2.45, 2.75) is 32.9 Å². The average Bonchev–Trinajstić information content (AvgIpc) is 2.92. The van der Waals surface area contributed by atoms with Crippen molar-refractivity contribution in [3.63, 3.8) is 0 Å².